The number of aromatic amines is 1. The molecular formula is C13H19N3O8. The van der Waals surface area contributed by atoms with Crippen LogP contribution in [0, 0.1) is 0 Å². The maximum absolute atomic E-state index is 12.2. The van der Waals surface area contributed by atoms with Gasteiger partial charge in [-0.25, -0.2) is 4.79 Å². The van der Waals surface area contributed by atoms with Crippen molar-refractivity contribution in [2.24, 2.45) is 5.73 Å². The van der Waals surface area contributed by atoms with Gasteiger partial charge in [0, 0.05) is 11.8 Å². The Morgan fingerprint density at radius 2 is 2.12 bits per heavy atom. The minimum absolute atomic E-state index is 0.119. The summed E-state index contributed by atoms with van der Waals surface area (Å²) in [7, 11) is 0. The van der Waals surface area contributed by atoms with Gasteiger partial charge in [0.05, 0.1) is 13.0 Å². The number of rotatable bonds is 5. The summed E-state index contributed by atoms with van der Waals surface area (Å²) in [6.07, 6.45) is -2.87. The lowest BCUT2D eigenvalue weighted by Gasteiger charge is -2.39. The van der Waals surface area contributed by atoms with E-state index in [1.54, 1.807) is 0 Å². The first kappa shape index (κ1) is 18.3. The van der Waals surface area contributed by atoms with Gasteiger partial charge in [0.2, 0.25) is 0 Å². The minimum Gasteiger partial charge on any atom is -0.481 e. The summed E-state index contributed by atoms with van der Waals surface area (Å²) in [6.45, 7) is 0.821. The van der Waals surface area contributed by atoms with Gasteiger partial charge in [0.25, 0.3) is 5.56 Å². The summed E-state index contributed by atoms with van der Waals surface area (Å²) < 4.78 is 6.20. The Balaban J connectivity index is 2.69. The van der Waals surface area contributed by atoms with Crippen molar-refractivity contribution in [3.8, 4) is 0 Å². The summed E-state index contributed by atoms with van der Waals surface area (Å²) in [6, 6.07) is 0. The van der Waals surface area contributed by atoms with E-state index in [2.05, 4.69) is 0 Å². The molecule has 0 radical (unpaired) electrons. The molecule has 1 aliphatic rings. The topological polar surface area (TPSA) is 188 Å². The van der Waals surface area contributed by atoms with E-state index in [1.807, 2.05) is 4.98 Å². The average molecular weight is 345 g/mol. The highest BCUT2D eigenvalue weighted by Gasteiger charge is 2.64. The number of aliphatic carboxylic acids is 1. The normalized spacial score (nSPS) is 32.9. The van der Waals surface area contributed by atoms with Gasteiger partial charge in [-0.2, -0.15) is 0 Å². The van der Waals surface area contributed by atoms with Crippen LogP contribution in [0.2, 0.25) is 0 Å². The molecule has 7 N–H and O–H groups in total. The first-order chi connectivity index (χ1) is 11.1. The largest absolute Gasteiger partial charge is 0.481 e. The van der Waals surface area contributed by atoms with Gasteiger partial charge < -0.3 is 25.2 Å². The molecule has 0 bridgehead atoms. The lowest BCUT2D eigenvalue weighted by molar-refractivity contribution is -0.198. The fourth-order valence-electron chi connectivity index (χ4n) is 2.92. The Kier molecular flexibility index (Phi) is 4.65. The van der Waals surface area contributed by atoms with Crippen molar-refractivity contribution in [2.75, 3.05) is 6.61 Å². The number of H-pyrrole nitrogens is 1. The van der Waals surface area contributed by atoms with Crippen molar-refractivity contribution >= 4 is 5.97 Å². The maximum Gasteiger partial charge on any atom is 0.330 e. The van der Waals surface area contributed by atoms with Gasteiger partial charge in [-0.1, -0.05) is 6.92 Å². The maximum atomic E-state index is 12.2. The Morgan fingerprint density at radius 3 is 2.58 bits per heavy atom. The Hall–Kier alpha value is -2.05. The molecule has 1 fully saturated rings. The van der Waals surface area contributed by atoms with Crippen LogP contribution in [-0.4, -0.2) is 60.5 Å². The van der Waals surface area contributed by atoms with Crippen LogP contribution >= 0.6 is 0 Å². The quantitative estimate of drug-likeness (QED) is 0.296. The number of hydrogen-bond acceptors (Lipinski definition) is 8. The lowest BCUT2D eigenvalue weighted by Crippen LogP contribution is -2.66. The van der Waals surface area contributed by atoms with Crippen molar-refractivity contribution < 1.29 is 30.0 Å². The summed E-state index contributed by atoms with van der Waals surface area (Å²) in [5.41, 5.74) is -0.888. The van der Waals surface area contributed by atoms with Crippen LogP contribution in [0.4, 0.5) is 0 Å². The number of carboxylic acid groups (broad SMARTS) is 1. The molecule has 134 valence electrons. The number of aliphatic hydroxyl groups is 3. The molecule has 0 spiro atoms. The molecule has 24 heavy (non-hydrogen) atoms. The molecule has 0 saturated carbocycles. The molecule has 1 aromatic heterocycles. The molecular weight excluding hydrogens is 326 g/mol. The SMILES string of the molecule is CC[C@@]1(n2cc(CC(=O)O)c(=O)[nH]c2=O)O[C@H](CO)[C@@H](O)[C@@]1(N)O. The molecule has 11 heteroatoms. The van der Waals surface area contributed by atoms with Gasteiger partial charge in [0.15, 0.2) is 11.4 Å². The Bertz CT molecular complexity index is 754. The van der Waals surface area contributed by atoms with Crippen molar-refractivity contribution in [1.29, 1.82) is 0 Å². The van der Waals surface area contributed by atoms with Crippen LogP contribution in [-0.2, 0) is 21.7 Å². The highest BCUT2D eigenvalue weighted by Crippen LogP contribution is 2.42. The first-order valence-electron chi connectivity index (χ1n) is 7.15. The third-order valence-electron chi connectivity index (χ3n) is 4.18. The van der Waals surface area contributed by atoms with E-state index in [1.165, 1.54) is 6.92 Å². The van der Waals surface area contributed by atoms with Crippen molar-refractivity contribution in [3.05, 3.63) is 32.6 Å². The standard InChI is InChI=1S/C13H19N3O8/c1-2-12(13(14,23)9(20)7(5-17)24-12)16-4-6(3-8(18)19)10(21)15-11(16)22/h4,7,9,17,20,23H,2-3,5,14H2,1H3,(H,18,19)(H,15,21,22)/t7-,9-,12-,13-/m1/s1. The predicted octanol–water partition coefficient (Wildman–Crippen LogP) is -3.37. The van der Waals surface area contributed by atoms with Crippen molar-refractivity contribution in [1.82, 2.24) is 9.55 Å². The van der Waals surface area contributed by atoms with Crippen LogP contribution in [0.15, 0.2) is 15.8 Å². The van der Waals surface area contributed by atoms with E-state index in [9.17, 15) is 29.7 Å². The molecule has 0 aliphatic carbocycles. The smallest absolute Gasteiger partial charge is 0.330 e. The number of carboxylic acids is 1. The zero-order chi connectivity index (χ0) is 18.3. The van der Waals surface area contributed by atoms with E-state index in [0.717, 1.165) is 10.8 Å². The number of carbonyl (C=O) groups is 1. The van der Waals surface area contributed by atoms with Crippen LogP contribution in [0.1, 0.15) is 18.9 Å². The van der Waals surface area contributed by atoms with Crippen molar-refractivity contribution in [2.45, 2.75) is 43.4 Å². The Labute approximate surface area is 134 Å². The van der Waals surface area contributed by atoms with Crippen LogP contribution in [0.5, 0.6) is 0 Å². The van der Waals surface area contributed by atoms with E-state index >= 15 is 0 Å². The highest BCUT2D eigenvalue weighted by molar-refractivity contribution is 5.69. The summed E-state index contributed by atoms with van der Waals surface area (Å²) >= 11 is 0. The second-order valence-electron chi connectivity index (χ2n) is 5.60. The van der Waals surface area contributed by atoms with Crippen LogP contribution in [0.25, 0.3) is 0 Å². The highest BCUT2D eigenvalue weighted by atomic mass is 16.6. The fourth-order valence-corrected chi connectivity index (χ4v) is 2.92. The number of nitrogens with two attached hydrogens (primary N) is 1. The molecule has 2 heterocycles. The number of ether oxygens (including phenoxy) is 1. The van der Waals surface area contributed by atoms with E-state index in [4.69, 9.17) is 15.6 Å². The number of hydrogen-bond donors (Lipinski definition) is 6. The Morgan fingerprint density at radius 1 is 1.50 bits per heavy atom. The number of nitrogens with zero attached hydrogens (tertiary/aromatic N) is 1. The first-order valence-corrected chi connectivity index (χ1v) is 7.15. The summed E-state index contributed by atoms with van der Waals surface area (Å²) in [5, 5.41) is 38.7. The third-order valence-corrected chi connectivity index (χ3v) is 4.18. The number of aromatic nitrogens is 2. The molecule has 0 aromatic carbocycles. The van der Waals surface area contributed by atoms with Gasteiger partial charge in [-0.05, 0) is 6.42 Å². The molecule has 0 unspecified atom stereocenters. The average Bonchev–Trinajstić information content (AvgIpc) is 2.70. The fraction of sp³-hybridized carbons (Fsp3) is 0.615. The molecule has 1 saturated heterocycles. The third kappa shape index (κ3) is 2.56. The van der Waals surface area contributed by atoms with Gasteiger partial charge in [0.1, 0.15) is 12.2 Å². The van der Waals surface area contributed by atoms with Crippen molar-refractivity contribution in [3.63, 3.8) is 0 Å². The zero-order valence-electron chi connectivity index (χ0n) is 12.8. The monoisotopic (exact) mass is 345 g/mol. The van der Waals surface area contributed by atoms with Crippen LogP contribution < -0.4 is 17.0 Å². The van der Waals surface area contributed by atoms with E-state index in [0.29, 0.717) is 0 Å². The predicted molar refractivity (Wildman–Crippen MR) is 78.0 cm³/mol. The van der Waals surface area contributed by atoms with Crippen LogP contribution in [0.3, 0.4) is 0 Å². The molecule has 0 amide bonds. The molecule has 2 rings (SSSR count). The zero-order valence-corrected chi connectivity index (χ0v) is 12.8. The molecule has 4 atom stereocenters. The second kappa shape index (κ2) is 6.11. The van der Waals surface area contributed by atoms with Gasteiger partial charge >= 0.3 is 11.7 Å². The minimum atomic E-state index is -2.47. The number of aliphatic hydroxyl groups excluding tert-OH is 2. The lowest BCUT2D eigenvalue weighted by atomic mass is 9.93. The van der Waals surface area contributed by atoms with E-state index in [-0.39, 0.29) is 12.0 Å². The molecule has 1 aliphatic heterocycles. The summed E-state index contributed by atoms with van der Waals surface area (Å²) in [4.78, 5) is 36.7. The molecule has 11 nitrogen and oxygen atoms in total. The van der Waals surface area contributed by atoms with Gasteiger partial charge in [-0.3, -0.25) is 24.9 Å². The van der Waals surface area contributed by atoms with Gasteiger partial charge in [-0.15, -0.1) is 0 Å². The summed E-state index contributed by atoms with van der Waals surface area (Å²) in [5.74, 6) is -1.31. The number of nitrogens with one attached hydrogen (secondary N) is 1. The molecule has 1 aromatic rings. The van der Waals surface area contributed by atoms with E-state index < -0.39 is 53.9 Å². The second-order valence-corrected chi connectivity index (χ2v) is 5.60.